The first-order valence-electron chi connectivity index (χ1n) is 9.45. The van der Waals surface area contributed by atoms with Crippen LogP contribution in [0.5, 0.6) is 5.75 Å². The lowest BCUT2D eigenvalue weighted by molar-refractivity contribution is -0.115. The number of pyridine rings is 1. The Morgan fingerprint density at radius 3 is 2.73 bits per heavy atom. The van der Waals surface area contributed by atoms with Crippen LogP contribution in [0.15, 0.2) is 58.6 Å². The number of carbonyl (C=O) groups excluding carboxylic acids is 1. The summed E-state index contributed by atoms with van der Waals surface area (Å²) in [5.74, 6) is 0.686. The molecule has 0 radical (unpaired) electrons. The van der Waals surface area contributed by atoms with Gasteiger partial charge in [0.25, 0.3) is 0 Å². The number of amides is 1. The van der Waals surface area contributed by atoms with Gasteiger partial charge in [-0.05, 0) is 56.0 Å². The number of ether oxygens (including phenoxy) is 1. The number of fused-ring (bicyclic) bond motifs is 3. The first-order chi connectivity index (χ1) is 14.5. The number of nitrogens with one attached hydrogen (secondary N) is 1. The average molecular weight is 439 g/mol. The van der Waals surface area contributed by atoms with Crippen molar-refractivity contribution in [1.29, 1.82) is 0 Å². The minimum absolute atomic E-state index is 0.0766. The Morgan fingerprint density at radius 2 is 1.97 bits per heavy atom. The predicted octanol–water partition coefficient (Wildman–Crippen LogP) is 5.04. The number of nitrogens with zero attached hydrogens (tertiary/aromatic N) is 3. The van der Waals surface area contributed by atoms with Gasteiger partial charge in [0.2, 0.25) is 5.91 Å². The van der Waals surface area contributed by atoms with Gasteiger partial charge in [-0.25, -0.2) is 0 Å². The molecule has 4 aromatic rings. The highest BCUT2D eigenvalue weighted by Crippen LogP contribution is 2.31. The zero-order valence-electron chi connectivity index (χ0n) is 17.2. The number of hydrogen-bond donors (Lipinski definition) is 1. The van der Waals surface area contributed by atoms with Crippen molar-refractivity contribution in [3.8, 4) is 5.75 Å². The summed E-state index contributed by atoms with van der Waals surface area (Å²) in [5.41, 5.74) is 3.64. The summed E-state index contributed by atoms with van der Waals surface area (Å²) in [7, 11) is 1.65. The van der Waals surface area contributed by atoms with Crippen molar-refractivity contribution in [3.63, 3.8) is 0 Å². The molecule has 1 atom stereocenters. The van der Waals surface area contributed by atoms with Crippen molar-refractivity contribution in [2.45, 2.75) is 29.1 Å². The lowest BCUT2D eigenvalue weighted by atomic mass is 10.1. The molecule has 30 heavy (non-hydrogen) atoms. The number of hydrogen-bond acceptors (Lipinski definition) is 6. The molecule has 1 unspecified atom stereocenters. The molecule has 1 amide bonds. The highest BCUT2D eigenvalue weighted by atomic mass is 32.2. The normalized spacial score (nSPS) is 12.3. The second-order valence-electron chi connectivity index (χ2n) is 6.84. The minimum atomic E-state index is -0.353. The lowest BCUT2D eigenvalue weighted by Gasteiger charge is -2.14. The summed E-state index contributed by atoms with van der Waals surface area (Å²) < 4.78 is 7.39. The lowest BCUT2D eigenvalue weighted by Crippen LogP contribution is -2.23. The Balaban J connectivity index is 1.66. The zero-order chi connectivity index (χ0) is 21.3. The summed E-state index contributed by atoms with van der Waals surface area (Å²) in [4.78, 5) is 13.9. The molecular weight excluding hydrogens is 416 g/mol. The van der Waals surface area contributed by atoms with Crippen molar-refractivity contribution in [2.75, 3.05) is 18.7 Å². The number of rotatable bonds is 6. The standard InChI is InChI=1S/C22H22N4O2S2/c1-13-11-20-24-25-22(26(20)18-12-15(28-3)9-10-16(13)18)30-14(2)21(27)23-17-7-5-6-8-19(17)29-4/h5-12,14H,1-4H3,(H,23,27). The van der Waals surface area contributed by atoms with E-state index in [1.54, 1.807) is 18.9 Å². The summed E-state index contributed by atoms with van der Waals surface area (Å²) >= 11 is 2.99. The second kappa shape index (κ2) is 8.57. The van der Waals surface area contributed by atoms with E-state index < -0.39 is 0 Å². The topological polar surface area (TPSA) is 68.5 Å². The molecule has 0 saturated heterocycles. The molecule has 2 aromatic heterocycles. The highest BCUT2D eigenvalue weighted by Gasteiger charge is 2.20. The molecule has 4 rings (SSSR count). The fourth-order valence-electron chi connectivity index (χ4n) is 3.30. The number of benzene rings is 2. The molecule has 0 aliphatic rings. The van der Waals surface area contributed by atoms with Crippen LogP contribution < -0.4 is 10.1 Å². The first-order valence-corrected chi connectivity index (χ1v) is 11.5. The number of para-hydroxylation sites is 1. The fraction of sp³-hybridized carbons (Fsp3) is 0.227. The molecule has 154 valence electrons. The third kappa shape index (κ3) is 3.85. The number of thioether (sulfide) groups is 2. The number of aryl methyl sites for hydroxylation is 1. The van der Waals surface area contributed by atoms with Gasteiger partial charge >= 0.3 is 0 Å². The third-order valence-electron chi connectivity index (χ3n) is 4.89. The molecule has 0 aliphatic heterocycles. The van der Waals surface area contributed by atoms with Gasteiger partial charge in [0.15, 0.2) is 10.8 Å². The SMILES string of the molecule is COc1ccc2c(C)cc3nnc(SC(C)C(=O)Nc4ccccc4SC)n3c2c1. The van der Waals surface area contributed by atoms with Gasteiger partial charge in [-0.15, -0.1) is 22.0 Å². The van der Waals surface area contributed by atoms with E-state index in [2.05, 4.69) is 22.4 Å². The molecule has 2 heterocycles. The van der Waals surface area contributed by atoms with Gasteiger partial charge < -0.3 is 10.1 Å². The van der Waals surface area contributed by atoms with Crippen LogP contribution in [0.3, 0.4) is 0 Å². The zero-order valence-corrected chi connectivity index (χ0v) is 18.8. The summed E-state index contributed by atoms with van der Waals surface area (Å²) in [6.45, 7) is 3.93. The maximum atomic E-state index is 12.8. The van der Waals surface area contributed by atoms with Crippen LogP contribution in [0.4, 0.5) is 5.69 Å². The summed E-state index contributed by atoms with van der Waals surface area (Å²) in [6, 6.07) is 15.7. The first kappa shape index (κ1) is 20.6. The summed E-state index contributed by atoms with van der Waals surface area (Å²) in [6.07, 6.45) is 1.99. The molecule has 0 spiro atoms. The fourth-order valence-corrected chi connectivity index (χ4v) is 4.72. The monoisotopic (exact) mass is 438 g/mol. The predicted molar refractivity (Wildman–Crippen MR) is 124 cm³/mol. The Kier molecular flexibility index (Phi) is 5.87. The van der Waals surface area contributed by atoms with Crippen LogP contribution in [0.2, 0.25) is 0 Å². The van der Waals surface area contributed by atoms with E-state index in [9.17, 15) is 4.79 Å². The van der Waals surface area contributed by atoms with E-state index in [0.717, 1.165) is 38.4 Å². The number of aromatic nitrogens is 3. The van der Waals surface area contributed by atoms with Gasteiger partial charge in [0, 0.05) is 16.3 Å². The molecule has 2 aromatic carbocycles. The molecule has 8 heteroatoms. The van der Waals surface area contributed by atoms with Gasteiger partial charge in [-0.3, -0.25) is 9.20 Å². The van der Waals surface area contributed by atoms with Crippen molar-refractivity contribution in [2.24, 2.45) is 0 Å². The van der Waals surface area contributed by atoms with Gasteiger partial charge in [0.1, 0.15) is 5.75 Å². The number of carbonyl (C=O) groups is 1. The maximum absolute atomic E-state index is 12.8. The van der Waals surface area contributed by atoms with E-state index in [1.165, 1.54) is 11.8 Å². The van der Waals surface area contributed by atoms with Gasteiger partial charge in [-0.2, -0.15) is 0 Å². The molecule has 0 saturated carbocycles. The third-order valence-corrected chi connectivity index (χ3v) is 6.73. The quantitative estimate of drug-likeness (QED) is 0.425. The Labute approximate surface area is 183 Å². The average Bonchev–Trinajstić information content (AvgIpc) is 3.16. The summed E-state index contributed by atoms with van der Waals surface area (Å²) in [5, 5.41) is 13.1. The highest BCUT2D eigenvalue weighted by molar-refractivity contribution is 8.00. The Morgan fingerprint density at radius 1 is 1.17 bits per heavy atom. The van der Waals surface area contributed by atoms with Crippen LogP contribution in [-0.4, -0.2) is 39.1 Å². The molecular formula is C22H22N4O2S2. The van der Waals surface area contributed by atoms with E-state index in [1.807, 2.05) is 66.1 Å². The Hall–Kier alpha value is -2.71. The van der Waals surface area contributed by atoms with Gasteiger partial charge in [-0.1, -0.05) is 23.9 Å². The van der Waals surface area contributed by atoms with Crippen LogP contribution >= 0.6 is 23.5 Å². The van der Waals surface area contributed by atoms with Gasteiger partial charge in [0.05, 0.1) is 23.6 Å². The molecule has 6 nitrogen and oxygen atoms in total. The minimum Gasteiger partial charge on any atom is -0.497 e. The number of methoxy groups -OCH3 is 1. The Bertz CT molecular complexity index is 1240. The van der Waals surface area contributed by atoms with E-state index in [4.69, 9.17) is 4.74 Å². The van der Waals surface area contributed by atoms with E-state index in [-0.39, 0.29) is 11.2 Å². The molecule has 0 bridgehead atoms. The maximum Gasteiger partial charge on any atom is 0.237 e. The van der Waals surface area contributed by atoms with Crippen LogP contribution in [0, 0.1) is 6.92 Å². The van der Waals surface area contributed by atoms with Crippen LogP contribution in [0.25, 0.3) is 16.6 Å². The molecule has 0 aliphatic carbocycles. The van der Waals surface area contributed by atoms with Crippen molar-refractivity contribution in [3.05, 3.63) is 54.1 Å². The van der Waals surface area contributed by atoms with Crippen molar-refractivity contribution >= 4 is 51.7 Å². The van der Waals surface area contributed by atoms with Crippen LogP contribution in [-0.2, 0) is 4.79 Å². The van der Waals surface area contributed by atoms with E-state index in [0.29, 0.717) is 5.16 Å². The second-order valence-corrected chi connectivity index (χ2v) is 8.99. The number of anilines is 1. The largest absolute Gasteiger partial charge is 0.497 e. The van der Waals surface area contributed by atoms with Crippen molar-refractivity contribution in [1.82, 2.24) is 14.6 Å². The van der Waals surface area contributed by atoms with E-state index >= 15 is 0 Å². The van der Waals surface area contributed by atoms with Crippen molar-refractivity contribution < 1.29 is 9.53 Å². The smallest absolute Gasteiger partial charge is 0.237 e. The molecule has 0 fully saturated rings. The van der Waals surface area contributed by atoms with Crippen LogP contribution in [0.1, 0.15) is 12.5 Å². The molecule has 1 N–H and O–H groups in total.